The number of ether oxygens (including phenoxy) is 1. The third-order valence-corrected chi connectivity index (χ3v) is 3.32. The molecule has 4 heteroatoms. The molecule has 104 valence electrons. The van der Waals surface area contributed by atoms with Crippen molar-refractivity contribution in [3.63, 3.8) is 0 Å². The summed E-state index contributed by atoms with van der Waals surface area (Å²) in [4.78, 5) is 13.7. The van der Waals surface area contributed by atoms with Crippen LogP contribution in [0.1, 0.15) is 24.8 Å². The van der Waals surface area contributed by atoms with Gasteiger partial charge in [0, 0.05) is 13.1 Å². The molecule has 0 aliphatic carbocycles. The van der Waals surface area contributed by atoms with Gasteiger partial charge in [0.25, 0.3) is 0 Å². The third-order valence-electron chi connectivity index (χ3n) is 3.32. The zero-order valence-electron chi connectivity index (χ0n) is 11.3. The Balaban J connectivity index is 1.74. The Morgan fingerprint density at radius 2 is 2.37 bits per heavy atom. The van der Waals surface area contributed by atoms with E-state index in [4.69, 9.17) is 4.74 Å². The van der Waals surface area contributed by atoms with E-state index in [1.54, 1.807) is 4.90 Å². The Morgan fingerprint density at radius 3 is 3.11 bits per heavy atom. The molecule has 19 heavy (non-hydrogen) atoms. The van der Waals surface area contributed by atoms with Crippen LogP contribution in [0.15, 0.2) is 24.3 Å². The van der Waals surface area contributed by atoms with E-state index in [1.165, 1.54) is 0 Å². The van der Waals surface area contributed by atoms with Crippen molar-refractivity contribution in [2.75, 3.05) is 19.7 Å². The van der Waals surface area contributed by atoms with Crippen molar-refractivity contribution in [1.29, 1.82) is 0 Å². The van der Waals surface area contributed by atoms with Crippen molar-refractivity contribution in [2.24, 2.45) is 0 Å². The number of likely N-dealkylation sites (tertiary alicyclic amines) is 1. The number of β-amino-alcohol motifs (C(OH)–C–C–N with tert-alkyl or cyclic N) is 1. The first kappa shape index (κ1) is 13.9. The number of hydrogen-bond donors (Lipinski definition) is 1. The highest BCUT2D eigenvalue weighted by Gasteiger charge is 2.21. The van der Waals surface area contributed by atoms with Crippen molar-refractivity contribution in [3.8, 4) is 5.75 Å². The molecule has 0 saturated carbocycles. The molecule has 1 aliphatic heterocycles. The highest BCUT2D eigenvalue weighted by molar-refractivity contribution is 5.76. The van der Waals surface area contributed by atoms with Gasteiger partial charge in [-0.1, -0.05) is 12.1 Å². The number of hydrogen-bond acceptors (Lipinski definition) is 3. The van der Waals surface area contributed by atoms with Crippen molar-refractivity contribution >= 4 is 5.91 Å². The van der Waals surface area contributed by atoms with Crippen molar-refractivity contribution in [2.45, 2.75) is 32.3 Å². The van der Waals surface area contributed by atoms with Gasteiger partial charge in [-0.2, -0.15) is 0 Å². The lowest BCUT2D eigenvalue weighted by molar-refractivity contribution is -0.134. The molecule has 0 bridgehead atoms. The molecule has 4 nitrogen and oxygen atoms in total. The summed E-state index contributed by atoms with van der Waals surface area (Å²) in [6.45, 7) is 3.60. The maximum absolute atomic E-state index is 11.9. The molecular formula is C15H21NO3. The maximum atomic E-state index is 11.9. The zero-order valence-corrected chi connectivity index (χ0v) is 11.3. The van der Waals surface area contributed by atoms with Crippen LogP contribution in [0.3, 0.4) is 0 Å². The Bertz CT molecular complexity index is 433. The molecule has 2 rings (SSSR count). The minimum Gasteiger partial charge on any atom is -0.493 e. The highest BCUT2D eigenvalue weighted by Crippen LogP contribution is 2.14. The van der Waals surface area contributed by atoms with Crippen molar-refractivity contribution < 1.29 is 14.6 Å². The summed E-state index contributed by atoms with van der Waals surface area (Å²) in [7, 11) is 0. The first-order valence-corrected chi connectivity index (χ1v) is 6.80. The number of amides is 1. The molecule has 1 aliphatic rings. The van der Waals surface area contributed by atoms with E-state index in [1.807, 2.05) is 31.2 Å². The second-order valence-corrected chi connectivity index (χ2v) is 5.05. The Kier molecular flexibility index (Phi) is 4.80. The van der Waals surface area contributed by atoms with Crippen LogP contribution < -0.4 is 4.74 Å². The third kappa shape index (κ3) is 4.24. The lowest BCUT2D eigenvalue weighted by Crippen LogP contribution is -2.42. The van der Waals surface area contributed by atoms with Gasteiger partial charge in [0.1, 0.15) is 5.75 Å². The van der Waals surface area contributed by atoms with Gasteiger partial charge in [-0.25, -0.2) is 0 Å². The van der Waals surface area contributed by atoms with E-state index in [-0.39, 0.29) is 12.0 Å². The number of piperidine rings is 1. The predicted molar refractivity (Wildman–Crippen MR) is 73.1 cm³/mol. The van der Waals surface area contributed by atoms with E-state index < -0.39 is 0 Å². The van der Waals surface area contributed by atoms with Gasteiger partial charge >= 0.3 is 0 Å². The fourth-order valence-electron chi connectivity index (χ4n) is 2.30. The van der Waals surface area contributed by atoms with Crippen LogP contribution >= 0.6 is 0 Å². The number of aliphatic hydroxyl groups excluding tert-OH is 1. The monoisotopic (exact) mass is 263 g/mol. The molecule has 0 spiro atoms. The number of aryl methyl sites for hydroxylation is 1. The van der Waals surface area contributed by atoms with Crippen LogP contribution in [-0.4, -0.2) is 41.7 Å². The number of rotatable bonds is 4. The van der Waals surface area contributed by atoms with Crippen LogP contribution in [0.5, 0.6) is 5.75 Å². The van der Waals surface area contributed by atoms with Crippen LogP contribution in [0.25, 0.3) is 0 Å². The van der Waals surface area contributed by atoms with Gasteiger partial charge in [-0.05, 0) is 37.5 Å². The van der Waals surface area contributed by atoms with Gasteiger partial charge in [0.05, 0.1) is 19.1 Å². The number of carbonyl (C=O) groups is 1. The number of benzene rings is 1. The second kappa shape index (κ2) is 6.57. The van der Waals surface area contributed by atoms with Crippen LogP contribution in [0.4, 0.5) is 0 Å². The molecule has 0 aromatic heterocycles. The maximum Gasteiger partial charge on any atom is 0.226 e. The molecule has 1 amide bonds. The Hall–Kier alpha value is -1.55. The smallest absolute Gasteiger partial charge is 0.226 e. The number of aliphatic hydroxyl groups is 1. The summed E-state index contributed by atoms with van der Waals surface area (Å²) >= 11 is 0. The summed E-state index contributed by atoms with van der Waals surface area (Å²) in [5, 5.41) is 9.54. The average molecular weight is 263 g/mol. The summed E-state index contributed by atoms with van der Waals surface area (Å²) in [5.74, 6) is 0.859. The fourth-order valence-corrected chi connectivity index (χ4v) is 2.30. The SMILES string of the molecule is Cc1cccc(OCCC(=O)N2CCCC(O)C2)c1. The minimum atomic E-state index is -0.365. The first-order chi connectivity index (χ1) is 9.15. The molecule has 0 radical (unpaired) electrons. The van der Waals surface area contributed by atoms with Gasteiger partial charge in [-0.15, -0.1) is 0 Å². The highest BCUT2D eigenvalue weighted by atomic mass is 16.5. The lowest BCUT2D eigenvalue weighted by atomic mass is 10.1. The van der Waals surface area contributed by atoms with E-state index in [0.717, 1.165) is 30.7 Å². The van der Waals surface area contributed by atoms with E-state index in [0.29, 0.717) is 19.6 Å². The molecule has 1 atom stereocenters. The standard InChI is InChI=1S/C15H21NO3/c1-12-4-2-6-14(10-12)19-9-7-15(18)16-8-3-5-13(17)11-16/h2,4,6,10,13,17H,3,5,7-9,11H2,1H3. The van der Waals surface area contributed by atoms with E-state index in [9.17, 15) is 9.90 Å². The Labute approximate surface area is 114 Å². The summed E-state index contributed by atoms with van der Waals surface area (Å²) in [6, 6.07) is 7.79. The predicted octanol–water partition coefficient (Wildman–Crippen LogP) is 1.75. The summed E-state index contributed by atoms with van der Waals surface area (Å²) in [6.07, 6.45) is 1.67. The molecular weight excluding hydrogens is 242 g/mol. The average Bonchev–Trinajstić information content (AvgIpc) is 2.38. The van der Waals surface area contributed by atoms with Crippen molar-refractivity contribution in [1.82, 2.24) is 4.90 Å². The summed E-state index contributed by atoms with van der Waals surface area (Å²) in [5.41, 5.74) is 1.14. The quantitative estimate of drug-likeness (QED) is 0.900. The minimum absolute atomic E-state index is 0.0615. The normalized spacial score (nSPS) is 19.3. The first-order valence-electron chi connectivity index (χ1n) is 6.80. The van der Waals surface area contributed by atoms with Crippen molar-refractivity contribution in [3.05, 3.63) is 29.8 Å². The van der Waals surface area contributed by atoms with Gasteiger partial charge in [-0.3, -0.25) is 4.79 Å². The van der Waals surface area contributed by atoms with Crippen LogP contribution in [-0.2, 0) is 4.79 Å². The number of nitrogens with zero attached hydrogens (tertiary/aromatic N) is 1. The molecule has 1 aromatic rings. The largest absolute Gasteiger partial charge is 0.493 e. The van der Waals surface area contributed by atoms with Gasteiger partial charge in [0.2, 0.25) is 5.91 Å². The molecule has 1 N–H and O–H groups in total. The molecule has 1 aromatic carbocycles. The van der Waals surface area contributed by atoms with Crippen LogP contribution in [0, 0.1) is 6.92 Å². The summed E-state index contributed by atoms with van der Waals surface area (Å²) < 4.78 is 5.57. The molecule has 1 heterocycles. The zero-order chi connectivity index (χ0) is 13.7. The van der Waals surface area contributed by atoms with E-state index in [2.05, 4.69) is 0 Å². The Morgan fingerprint density at radius 1 is 1.53 bits per heavy atom. The topological polar surface area (TPSA) is 49.8 Å². The fraction of sp³-hybridized carbons (Fsp3) is 0.533. The number of carbonyl (C=O) groups excluding carboxylic acids is 1. The lowest BCUT2D eigenvalue weighted by Gasteiger charge is -2.30. The van der Waals surface area contributed by atoms with E-state index >= 15 is 0 Å². The molecule has 1 unspecified atom stereocenters. The molecule has 1 fully saturated rings. The second-order valence-electron chi connectivity index (χ2n) is 5.05. The van der Waals surface area contributed by atoms with Gasteiger partial charge in [0.15, 0.2) is 0 Å². The molecule has 1 saturated heterocycles. The van der Waals surface area contributed by atoms with Gasteiger partial charge < -0.3 is 14.7 Å². The van der Waals surface area contributed by atoms with Crippen LogP contribution in [0.2, 0.25) is 0 Å².